The smallest absolute Gasteiger partial charge is 0.247 e. The van der Waals surface area contributed by atoms with Gasteiger partial charge in [-0.25, -0.2) is 0 Å². The number of nitrogen functional groups attached to an aromatic ring is 1. The lowest BCUT2D eigenvalue weighted by atomic mass is 10.1. The van der Waals surface area contributed by atoms with Gasteiger partial charge in [-0.2, -0.15) is 0 Å². The second kappa shape index (κ2) is 3.33. The summed E-state index contributed by atoms with van der Waals surface area (Å²) in [5.74, 6) is 1.85. The Bertz CT molecular complexity index is 529. The first-order chi connectivity index (χ1) is 7.74. The van der Waals surface area contributed by atoms with E-state index in [0.717, 1.165) is 22.7 Å². The van der Waals surface area contributed by atoms with Gasteiger partial charge in [-0.15, -0.1) is 10.2 Å². The lowest BCUT2D eigenvalue weighted by Gasteiger charge is -2.00. The first-order valence-electron chi connectivity index (χ1n) is 5.44. The van der Waals surface area contributed by atoms with Gasteiger partial charge in [-0.1, -0.05) is 0 Å². The molecule has 2 aromatic rings. The highest BCUT2D eigenvalue weighted by Crippen LogP contribution is 2.40. The standard InChI is InChI=1S/C12H13N3O/c1-7-6-9(4-5-10(7)13)12-15-14-11(16-12)8-2-3-8/h4-6,8H,2-3,13H2,1H3. The van der Waals surface area contributed by atoms with Crippen molar-refractivity contribution in [3.63, 3.8) is 0 Å². The highest BCUT2D eigenvalue weighted by Gasteiger charge is 2.29. The number of nitrogens with zero attached hydrogens (tertiary/aromatic N) is 2. The number of rotatable bonds is 2. The van der Waals surface area contributed by atoms with Crippen molar-refractivity contribution in [1.82, 2.24) is 10.2 Å². The molecule has 1 saturated carbocycles. The normalized spacial score (nSPS) is 15.3. The van der Waals surface area contributed by atoms with Gasteiger partial charge in [0.25, 0.3) is 0 Å². The van der Waals surface area contributed by atoms with Crippen LogP contribution in [0.1, 0.15) is 30.2 Å². The topological polar surface area (TPSA) is 64.9 Å². The second-order valence-electron chi connectivity index (χ2n) is 4.29. The highest BCUT2D eigenvalue weighted by atomic mass is 16.4. The number of nitrogens with two attached hydrogens (primary N) is 1. The maximum absolute atomic E-state index is 5.76. The van der Waals surface area contributed by atoms with Crippen molar-refractivity contribution >= 4 is 5.69 Å². The summed E-state index contributed by atoms with van der Waals surface area (Å²) in [6.07, 6.45) is 2.34. The largest absolute Gasteiger partial charge is 0.420 e. The van der Waals surface area contributed by atoms with E-state index in [1.165, 1.54) is 12.8 Å². The van der Waals surface area contributed by atoms with Crippen LogP contribution in [0.4, 0.5) is 5.69 Å². The molecule has 0 radical (unpaired) electrons. The maximum atomic E-state index is 5.76. The molecule has 0 amide bonds. The lowest BCUT2D eigenvalue weighted by molar-refractivity contribution is 0.508. The monoisotopic (exact) mass is 215 g/mol. The van der Waals surface area contributed by atoms with Gasteiger partial charge in [-0.05, 0) is 43.5 Å². The van der Waals surface area contributed by atoms with Gasteiger partial charge in [0, 0.05) is 17.2 Å². The van der Waals surface area contributed by atoms with E-state index in [9.17, 15) is 0 Å². The zero-order valence-corrected chi connectivity index (χ0v) is 9.10. The average molecular weight is 215 g/mol. The van der Waals surface area contributed by atoms with Crippen LogP contribution >= 0.6 is 0 Å². The molecule has 16 heavy (non-hydrogen) atoms. The zero-order valence-electron chi connectivity index (χ0n) is 9.10. The van der Waals surface area contributed by atoms with Crippen LogP contribution in [0, 0.1) is 6.92 Å². The van der Waals surface area contributed by atoms with Gasteiger partial charge >= 0.3 is 0 Å². The molecule has 3 rings (SSSR count). The Hall–Kier alpha value is -1.84. The van der Waals surface area contributed by atoms with Crippen LogP contribution in [0.5, 0.6) is 0 Å². The van der Waals surface area contributed by atoms with Gasteiger partial charge < -0.3 is 10.2 Å². The van der Waals surface area contributed by atoms with Crippen molar-refractivity contribution in [2.24, 2.45) is 0 Å². The molecule has 4 nitrogen and oxygen atoms in total. The van der Waals surface area contributed by atoms with E-state index >= 15 is 0 Å². The Balaban J connectivity index is 1.97. The number of aryl methyl sites for hydroxylation is 1. The summed E-state index contributed by atoms with van der Waals surface area (Å²) in [6.45, 7) is 1.97. The van der Waals surface area contributed by atoms with Gasteiger partial charge in [0.2, 0.25) is 11.8 Å². The van der Waals surface area contributed by atoms with Gasteiger partial charge in [0.1, 0.15) is 0 Å². The molecular weight excluding hydrogens is 202 g/mol. The van der Waals surface area contributed by atoms with Crippen molar-refractivity contribution in [3.05, 3.63) is 29.7 Å². The van der Waals surface area contributed by atoms with Crippen LogP contribution in [0.25, 0.3) is 11.5 Å². The van der Waals surface area contributed by atoms with Crippen molar-refractivity contribution in [1.29, 1.82) is 0 Å². The van der Waals surface area contributed by atoms with Gasteiger partial charge in [-0.3, -0.25) is 0 Å². The summed E-state index contributed by atoms with van der Waals surface area (Å²) in [5.41, 5.74) is 8.51. The Morgan fingerprint density at radius 1 is 1.31 bits per heavy atom. The Morgan fingerprint density at radius 3 is 2.81 bits per heavy atom. The minimum absolute atomic E-state index is 0.496. The van der Waals surface area contributed by atoms with Crippen LogP contribution in [0.2, 0.25) is 0 Å². The summed E-state index contributed by atoms with van der Waals surface area (Å²) in [6, 6.07) is 5.75. The highest BCUT2D eigenvalue weighted by molar-refractivity contribution is 5.60. The minimum atomic E-state index is 0.496. The minimum Gasteiger partial charge on any atom is -0.420 e. The Kier molecular flexibility index (Phi) is 1.96. The SMILES string of the molecule is Cc1cc(-c2nnc(C3CC3)o2)ccc1N. The van der Waals surface area contributed by atoms with Crippen LogP contribution in [-0.4, -0.2) is 10.2 Å². The zero-order chi connectivity index (χ0) is 11.1. The average Bonchev–Trinajstić information content (AvgIpc) is 3.01. The molecule has 0 atom stereocenters. The first-order valence-corrected chi connectivity index (χ1v) is 5.44. The quantitative estimate of drug-likeness (QED) is 0.782. The second-order valence-corrected chi connectivity index (χ2v) is 4.29. The molecule has 1 heterocycles. The predicted octanol–water partition coefficient (Wildman–Crippen LogP) is 2.50. The third-order valence-electron chi connectivity index (χ3n) is 2.88. The molecule has 0 bridgehead atoms. The molecule has 0 spiro atoms. The molecule has 0 saturated heterocycles. The number of hydrogen-bond donors (Lipinski definition) is 1. The molecule has 2 N–H and O–H groups in total. The molecular formula is C12H13N3O. The fourth-order valence-corrected chi connectivity index (χ4v) is 1.66. The number of benzene rings is 1. The van der Waals surface area contributed by atoms with E-state index in [4.69, 9.17) is 10.2 Å². The van der Waals surface area contributed by atoms with Crippen LogP contribution in [0.3, 0.4) is 0 Å². The number of aromatic nitrogens is 2. The fourth-order valence-electron chi connectivity index (χ4n) is 1.66. The van der Waals surface area contributed by atoms with E-state index in [-0.39, 0.29) is 0 Å². The molecule has 82 valence electrons. The Labute approximate surface area is 93.5 Å². The van der Waals surface area contributed by atoms with E-state index < -0.39 is 0 Å². The van der Waals surface area contributed by atoms with Crippen LogP contribution in [-0.2, 0) is 0 Å². The van der Waals surface area contributed by atoms with Crippen molar-refractivity contribution < 1.29 is 4.42 Å². The van der Waals surface area contributed by atoms with Crippen molar-refractivity contribution in [3.8, 4) is 11.5 Å². The molecule has 1 aromatic heterocycles. The van der Waals surface area contributed by atoms with E-state index in [1.807, 2.05) is 25.1 Å². The molecule has 4 heteroatoms. The Morgan fingerprint density at radius 2 is 2.12 bits per heavy atom. The summed E-state index contributed by atoms with van der Waals surface area (Å²) >= 11 is 0. The van der Waals surface area contributed by atoms with E-state index in [1.54, 1.807) is 0 Å². The molecule has 0 aliphatic heterocycles. The first kappa shape index (κ1) is 9.39. The molecule has 1 aromatic carbocycles. The van der Waals surface area contributed by atoms with E-state index in [2.05, 4.69) is 10.2 Å². The summed E-state index contributed by atoms with van der Waals surface area (Å²) in [4.78, 5) is 0. The molecule has 1 fully saturated rings. The fraction of sp³-hybridized carbons (Fsp3) is 0.333. The van der Waals surface area contributed by atoms with Crippen molar-refractivity contribution in [2.45, 2.75) is 25.7 Å². The summed E-state index contributed by atoms with van der Waals surface area (Å²) in [7, 11) is 0. The number of anilines is 1. The summed E-state index contributed by atoms with van der Waals surface area (Å²) < 4.78 is 5.63. The number of hydrogen-bond acceptors (Lipinski definition) is 4. The summed E-state index contributed by atoms with van der Waals surface area (Å²) in [5, 5.41) is 8.12. The third-order valence-corrected chi connectivity index (χ3v) is 2.88. The molecule has 1 aliphatic carbocycles. The third kappa shape index (κ3) is 1.56. The molecule has 0 unspecified atom stereocenters. The predicted molar refractivity (Wildman–Crippen MR) is 60.9 cm³/mol. The van der Waals surface area contributed by atoms with Gasteiger partial charge in [0.15, 0.2) is 0 Å². The van der Waals surface area contributed by atoms with E-state index in [0.29, 0.717) is 11.8 Å². The lowest BCUT2D eigenvalue weighted by Crippen LogP contribution is -1.89. The van der Waals surface area contributed by atoms with Crippen LogP contribution in [0.15, 0.2) is 22.6 Å². The molecule has 1 aliphatic rings. The van der Waals surface area contributed by atoms with Crippen molar-refractivity contribution in [2.75, 3.05) is 5.73 Å². The van der Waals surface area contributed by atoms with Gasteiger partial charge in [0.05, 0.1) is 0 Å². The van der Waals surface area contributed by atoms with Crippen LogP contribution < -0.4 is 5.73 Å². The maximum Gasteiger partial charge on any atom is 0.247 e.